The van der Waals surface area contributed by atoms with E-state index in [0.29, 0.717) is 5.56 Å². The molecule has 4 rings (SSSR count). The molecule has 0 fully saturated rings. The van der Waals surface area contributed by atoms with Crippen LogP contribution in [0.3, 0.4) is 0 Å². The molecule has 28 heavy (non-hydrogen) atoms. The SMILES string of the molecule is CN(CCN1c2ccccc2N(C)C(=O)c2cccnc21)Cc1ccccc1. The maximum atomic E-state index is 13.0. The van der Waals surface area contributed by atoms with Crippen LogP contribution in [0.1, 0.15) is 15.9 Å². The summed E-state index contributed by atoms with van der Waals surface area (Å²) in [5, 5.41) is 0. The van der Waals surface area contributed by atoms with Gasteiger partial charge in [-0.05, 0) is 36.9 Å². The Morgan fingerprint density at radius 3 is 2.43 bits per heavy atom. The number of likely N-dealkylation sites (N-methyl/N-ethyl adjacent to an activating group) is 1. The summed E-state index contributed by atoms with van der Waals surface area (Å²) in [6, 6.07) is 22.1. The van der Waals surface area contributed by atoms with Gasteiger partial charge in [0.05, 0.1) is 16.9 Å². The lowest BCUT2D eigenvalue weighted by Gasteiger charge is -2.28. The maximum absolute atomic E-state index is 13.0. The van der Waals surface area contributed by atoms with Gasteiger partial charge in [-0.3, -0.25) is 4.79 Å². The number of benzene rings is 2. The Kier molecular flexibility index (Phi) is 5.08. The number of hydrogen-bond acceptors (Lipinski definition) is 4. The number of aromatic nitrogens is 1. The van der Waals surface area contributed by atoms with Crippen molar-refractivity contribution in [2.45, 2.75) is 6.54 Å². The summed E-state index contributed by atoms with van der Waals surface area (Å²) < 4.78 is 0. The second-order valence-corrected chi connectivity index (χ2v) is 7.10. The molecule has 5 nitrogen and oxygen atoms in total. The fraction of sp³-hybridized carbons (Fsp3) is 0.217. The highest BCUT2D eigenvalue weighted by molar-refractivity contribution is 6.12. The van der Waals surface area contributed by atoms with E-state index >= 15 is 0 Å². The van der Waals surface area contributed by atoms with E-state index in [1.807, 2.05) is 43.4 Å². The van der Waals surface area contributed by atoms with Gasteiger partial charge in [0.1, 0.15) is 5.82 Å². The largest absolute Gasteiger partial charge is 0.323 e. The molecule has 0 saturated carbocycles. The van der Waals surface area contributed by atoms with Crippen LogP contribution in [0.25, 0.3) is 0 Å². The molecule has 1 aliphatic rings. The molecule has 0 saturated heterocycles. The van der Waals surface area contributed by atoms with E-state index in [-0.39, 0.29) is 5.91 Å². The molecule has 1 aromatic heterocycles. The van der Waals surface area contributed by atoms with Crippen molar-refractivity contribution in [3.8, 4) is 0 Å². The third-order valence-corrected chi connectivity index (χ3v) is 5.11. The predicted octanol–water partition coefficient (Wildman–Crippen LogP) is 3.94. The van der Waals surface area contributed by atoms with Gasteiger partial charge in [-0.1, -0.05) is 42.5 Å². The average molecular weight is 372 g/mol. The maximum Gasteiger partial charge on any atom is 0.261 e. The number of pyridine rings is 1. The fourth-order valence-electron chi connectivity index (χ4n) is 3.63. The predicted molar refractivity (Wildman–Crippen MR) is 113 cm³/mol. The highest BCUT2D eigenvalue weighted by atomic mass is 16.2. The van der Waals surface area contributed by atoms with E-state index < -0.39 is 0 Å². The summed E-state index contributed by atoms with van der Waals surface area (Å²) in [6.07, 6.45) is 1.75. The molecule has 142 valence electrons. The summed E-state index contributed by atoms with van der Waals surface area (Å²) in [4.78, 5) is 23.7. The van der Waals surface area contributed by atoms with E-state index in [1.54, 1.807) is 11.1 Å². The molecule has 0 N–H and O–H groups in total. The zero-order valence-electron chi connectivity index (χ0n) is 16.2. The van der Waals surface area contributed by atoms with Gasteiger partial charge >= 0.3 is 0 Å². The number of hydrogen-bond donors (Lipinski definition) is 0. The van der Waals surface area contributed by atoms with Crippen LogP contribution < -0.4 is 9.80 Å². The van der Waals surface area contributed by atoms with Crippen LogP contribution in [0.2, 0.25) is 0 Å². The summed E-state index contributed by atoms with van der Waals surface area (Å²) in [5.41, 5.74) is 3.82. The number of amides is 1. The number of rotatable bonds is 5. The number of carbonyl (C=O) groups is 1. The normalized spacial score (nSPS) is 13.3. The summed E-state index contributed by atoms with van der Waals surface area (Å²) in [7, 11) is 3.94. The Labute approximate surface area is 165 Å². The molecule has 2 heterocycles. The zero-order chi connectivity index (χ0) is 19.5. The lowest BCUT2D eigenvalue weighted by molar-refractivity contribution is 0.0994. The van der Waals surface area contributed by atoms with Gasteiger partial charge in [0, 0.05) is 32.9 Å². The molecule has 2 aromatic carbocycles. The van der Waals surface area contributed by atoms with Crippen molar-refractivity contribution in [1.82, 2.24) is 9.88 Å². The summed E-state index contributed by atoms with van der Waals surface area (Å²) in [5.74, 6) is 0.688. The summed E-state index contributed by atoms with van der Waals surface area (Å²) >= 11 is 0. The number of nitrogens with zero attached hydrogens (tertiary/aromatic N) is 4. The first-order chi connectivity index (χ1) is 13.6. The molecule has 1 aliphatic heterocycles. The Bertz CT molecular complexity index is 973. The fourth-order valence-corrected chi connectivity index (χ4v) is 3.63. The molecule has 1 amide bonds. The highest BCUT2D eigenvalue weighted by Crippen LogP contribution is 2.38. The molecule has 0 aliphatic carbocycles. The first-order valence-corrected chi connectivity index (χ1v) is 9.47. The standard InChI is InChI=1S/C23H24N4O/c1-25(17-18-9-4-3-5-10-18)15-16-27-21-13-7-6-12-20(21)26(2)23(28)19-11-8-14-24-22(19)27/h3-14H,15-17H2,1-2H3. The molecule has 0 unspecified atom stereocenters. The van der Waals surface area contributed by atoms with Crippen molar-refractivity contribution >= 4 is 23.1 Å². The molecule has 0 spiro atoms. The third kappa shape index (κ3) is 3.49. The second-order valence-electron chi connectivity index (χ2n) is 7.10. The Morgan fingerprint density at radius 1 is 0.929 bits per heavy atom. The van der Waals surface area contributed by atoms with Crippen LogP contribution in [-0.2, 0) is 6.54 Å². The second kappa shape index (κ2) is 7.82. The summed E-state index contributed by atoms with van der Waals surface area (Å²) in [6.45, 7) is 2.47. The minimum atomic E-state index is -0.0318. The first kappa shape index (κ1) is 18.2. The van der Waals surface area contributed by atoms with Gasteiger partial charge in [-0.2, -0.15) is 0 Å². The zero-order valence-corrected chi connectivity index (χ0v) is 16.2. The lowest BCUT2D eigenvalue weighted by Crippen LogP contribution is -2.31. The molecule has 3 aromatic rings. The van der Waals surface area contributed by atoms with Gasteiger partial charge in [0.25, 0.3) is 5.91 Å². The van der Waals surface area contributed by atoms with Crippen molar-refractivity contribution in [1.29, 1.82) is 0 Å². The van der Waals surface area contributed by atoms with Crippen LogP contribution >= 0.6 is 0 Å². The first-order valence-electron chi connectivity index (χ1n) is 9.47. The van der Waals surface area contributed by atoms with E-state index in [9.17, 15) is 4.79 Å². The number of carbonyl (C=O) groups excluding carboxylic acids is 1. The van der Waals surface area contributed by atoms with Crippen molar-refractivity contribution in [2.75, 3.05) is 37.0 Å². The Morgan fingerprint density at radius 2 is 1.64 bits per heavy atom. The molecule has 0 radical (unpaired) electrons. The monoisotopic (exact) mass is 372 g/mol. The van der Waals surface area contributed by atoms with Crippen LogP contribution in [0.4, 0.5) is 17.2 Å². The van der Waals surface area contributed by atoms with Crippen LogP contribution in [0.5, 0.6) is 0 Å². The Balaban J connectivity index is 1.63. The quantitative estimate of drug-likeness (QED) is 0.680. The van der Waals surface area contributed by atoms with Crippen molar-refractivity contribution < 1.29 is 4.79 Å². The van der Waals surface area contributed by atoms with Gasteiger partial charge < -0.3 is 14.7 Å². The number of fused-ring (bicyclic) bond motifs is 2. The van der Waals surface area contributed by atoms with E-state index in [1.165, 1.54) is 5.56 Å². The molecule has 0 atom stereocenters. The van der Waals surface area contributed by atoms with E-state index in [2.05, 4.69) is 52.2 Å². The number of para-hydroxylation sites is 2. The topological polar surface area (TPSA) is 39.7 Å². The van der Waals surface area contributed by atoms with Crippen molar-refractivity contribution in [3.63, 3.8) is 0 Å². The van der Waals surface area contributed by atoms with E-state index in [0.717, 1.165) is 36.8 Å². The number of anilines is 3. The minimum absolute atomic E-state index is 0.0318. The van der Waals surface area contributed by atoms with Gasteiger partial charge in [-0.15, -0.1) is 0 Å². The smallest absolute Gasteiger partial charge is 0.261 e. The lowest BCUT2D eigenvalue weighted by atomic mass is 10.2. The minimum Gasteiger partial charge on any atom is -0.323 e. The van der Waals surface area contributed by atoms with Crippen LogP contribution in [-0.4, -0.2) is 43.0 Å². The highest BCUT2D eigenvalue weighted by Gasteiger charge is 2.29. The van der Waals surface area contributed by atoms with Gasteiger partial charge in [0.2, 0.25) is 0 Å². The van der Waals surface area contributed by atoms with Gasteiger partial charge in [-0.25, -0.2) is 4.98 Å². The third-order valence-electron chi connectivity index (χ3n) is 5.11. The molecular weight excluding hydrogens is 348 g/mol. The Hall–Kier alpha value is -3.18. The van der Waals surface area contributed by atoms with Crippen LogP contribution in [0.15, 0.2) is 72.9 Å². The average Bonchev–Trinajstić information content (AvgIpc) is 2.82. The van der Waals surface area contributed by atoms with Gasteiger partial charge in [0.15, 0.2) is 0 Å². The molecule has 0 bridgehead atoms. The molecular formula is C23H24N4O. The van der Waals surface area contributed by atoms with Crippen molar-refractivity contribution in [3.05, 3.63) is 84.1 Å². The van der Waals surface area contributed by atoms with Crippen LogP contribution in [0, 0.1) is 0 Å². The molecule has 5 heteroatoms. The van der Waals surface area contributed by atoms with E-state index in [4.69, 9.17) is 0 Å². The van der Waals surface area contributed by atoms with Crippen molar-refractivity contribution in [2.24, 2.45) is 0 Å².